The number of nitrogens with zero attached hydrogens (tertiary/aromatic N) is 3. The summed E-state index contributed by atoms with van der Waals surface area (Å²) < 4.78 is 0. The Morgan fingerprint density at radius 2 is 1.69 bits per heavy atom. The van der Waals surface area contributed by atoms with Crippen molar-refractivity contribution in [3.8, 4) is 0 Å². The Morgan fingerprint density at radius 3 is 2.42 bits per heavy atom. The van der Waals surface area contributed by atoms with E-state index in [2.05, 4.69) is 37.7 Å². The summed E-state index contributed by atoms with van der Waals surface area (Å²) >= 11 is 0. The van der Waals surface area contributed by atoms with E-state index in [-0.39, 0.29) is 5.91 Å². The van der Waals surface area contributed by atoms with E-state index < -0.39 is 0 Å². The van der Waals surface area contributed by atoms with E-state index >= 15 is 0 Å². The summed E-state index contributed by atoms with van der Waals surface area (Å²) in [5, 5.41) is 5.98. The second-order valence-electron chi connectivity index (χ2n) is 5.82. The van der Waals surface area contributed by atoms with Crippen molar-refractivity contribution in [1.82, 2.24) is 20.3 Å². The molecule has 0 saturated heterocycles. The summed E-state index contributed by atoms with van der Waals surface area (Å²) in [4.78, 5) is 24.7. The molecule has 26 heavy (non-hydrogen) atoms. The van der Waals surface area contributed by atoms with Gasteiger partial charge in [0.15, 0.2) is 0 Å². The molecule has 0 spiro atoms. The van der Waals surface area contributed by atoms with Crippen molar-refractivity contribution in [3.63, 3.8) is 0 Å². The number of benzene rings is 1. The van der Waals surface area contributed by atoms with Gasteiger partial charge in [0.05, 0.1) is 17.8 Å². The molecule has 132 valence electrons. The first-order valence-electron chi connectivity index (χ1n) is 8.59. The van der Waals surface area contributed by atoms with Crippen molar-refractivity contribution in [1.29, 1.82) is 0 Å². The van der Waals surface area contributed by atoms with E-state index in [0.29, 0.717) is 18.1 Å². The van der Waals surface area contributed by atoms with Crippen LogP contribution in [-0.2, 0) is 13.0 Å². The van der Waals surface area contributed by atoms with E-state index in [1.807, 2.05) is 36.4 Å². The highest BCUT2D eigenvalue weighted by molar-refractivity contribution is 5.93. The highest BCUT2D eigenvalue weighted by atomic mass is 16.1. The second-order valence-corrected chi connectivity index (χ2v) is 5.82. The van der Waals surface area contributed by atoms with Gasteiger partial charge in [0.25, 0.3) is 5.91 Å². The third-order valence-electron chi connectivity index (χ3n) is 3.84. The number of hydrogen-bond acceptors (Lipinski definition) is 5. The first-order chi connectivity index (χ1) is 12.8. The van der Waals surface area contributed by atoms with E-state index in [9.17, 15) is 4.79 Å². The lowest BCUT2D eigenvalue weighted by atomic mass is 10.1. The molecule has 0 aliphatic heterocycles. The van der Waals surface area contributed by atoms with Crippen molar-refractivity contribution >= 4 is 11.9 Å². The molecule has 1 aromatic carbocycles. The molecule has 0 aliphatic carbocycles. The SMILES string of the molecule is O=C(NCc1ccccn1)c1cnc(NCCCc2ccccc2)nc1. The lowest BCUT2D eigenvalue weighted by Crippen LogP contribution is -2.23. The van der Waals surface area contributed by atoms with Crippen LogP contribution in [0, 0.1) is 0 Å². The molecule has 0 atom stereocenters. The highest BCUT2D eigenvalue weighted by Gasteiger charge is 2.07. The molecule has 0 bridgehead atoms. The summed E-state index contributed by atoms with van der Waals surface area (Å²) in [6, 6.07) is 15.9. The maximum Gasteiger partial charge on any atom is 0.254 e. The maximum atomic E-state index is 12.1. The molecule has 2 heterocycles. The predicted molar refractivity (Wildman–Crippen MR) is 101 cm³/mol. The number of carbonyl (C=O) groups is 1. The molecule has 2 N–H and O–H groups in total. The van der Waals surface area contributed by atoms with Gasteiger partial charge in [-0.3, -0.25) is 9.78 Å². The van der Waals surface area contributed by atoms with E-state index in [1.165, 1.54) is 18.0 Å². The number of aryl methyl sites for hydroxylation is 1. The standard InChI is InChI=1S/C20H21N5O/c26-19(23-15-18-10-4-5-11-21-18)17-13-24-20(25-14-17)22-12-6-9-16-7-2-1-3-8-16/h1-5,7-8,10-11,13-14H,6,9,12,15H2,(H,23,26)(H,22,24,25). The number of carbonyl (C=O) groups excluding carboxylic acids is 1. The van der Waals surface area contributed by atoms with Crippen LogP contribution in [0.3, 0.4) is 0 Å². The number of pyridine rings is 1. The summed E-state index contributed by atoms with van der Waals surface area (Å²) in [5.74, 6) is 0.311. The van der Waals surface area contributed by atoms with Crippen molar-refractivity contribution < 1.29 is 4.79 Å². The van der Waals surface area contributed by atoms with Crippen LogP contribution in [0.5, 0.6) is 0 Å². The molecular weight excluding hydrogens is 326 g/mol. The van der Waals surface area contributed by atoms with Crippen LogP contribution in [-0.4, -0.2) is 27.4 Å². The van der Waals surface area contributed by atoms with Crippen LogP contribution in [0.2, 0.25) is 0 Å². The van der Waals surface area contributed by atoms with Gasteiger partial charge >= 0.3 is 0 Å². The topological polar surface area (TPSA) is 79.8 Å². The zero-order valence-corrected chi connectivity index (χ0v) is 14.4. The molecule has 6 nitrogen and oxygen atoms in total. The fourth-order valence-electron chi connectivity index (χ4n) is 2.45. The Kier molecular flexibility index (Phi) is 6.25. The Hall–Kier alpha value is -3.28. The summed E-state index contributed by atoms with van der Waals surface area (Å²) in [7, 11) is 0. The van der Waals surface area contributed by atoms with Crippen molar-refractivity contribution in [2.24, 2.45) is 0 Å². The summed E-state index contributed by atoms with van der Waals surface area (Å²) in [5.41, 5.74) is 2.55. The fraction of sp³-hybridized carbons (Fsp3) is 0.200. The van der Waals surface area contributed by atoms with Gasteiger partial charge in [-0.05, 0) is 30.5 Å². The maximum absolute atomic E-state index is 12.1. The number of rotatable bonds is 8. The van der Waals surface area contributed by atoms with Crippen LogP contribution in [0.4, 0.5) is 5.95 Å². The molecule has 0 fully saturated rings. The molecule has 0 radical (unpaired) electrons. The molecule has 3 aromatic rings. The minimum atomic E-state index is -0.216. The van der Waals surface area contributed by atoms with Crippen LogP contribution in [0.1, 0.15) is 28.0 Å². The number of aromatic nitrogens is 3. The van der Waals surface area contributed by atoms with Crippen LogP contribution >= 0.6 is 0 Å². The molecule has 6 heteroatoms. The first kappa shape index (κ1) is 17.5. The van der Waals surface area contributed by atoms with Gasteiger partial charge in [-0.15, -0.1) is 0 Å². The average molecular weight is 347 g/mol. The smallest absolute Gasteiger partial charge is 0.254 e. The van der Waals surface area contributed by atoms with Crippen molar-refractivity contribution in [2.45, 2.75) is 19.4 Å². The van der Waals surface area contributed by atoms with E-state index in [1.54, 1.807) is 6.20 Å². The molecular formula is C20H21N5O. The normalized spacial score (nSPS) is 10.3. The van der Waals surface area contributed by atoms with Crippen LogP contribution < -0.4 is 10.6 Å². The third-order valence-corrected chi connectivity index (χ3v) is 3.84. The predicted octanol–water partition coefficient (Wildman–Crippen LogP) is 2.85. The monoisotopic (exact) mass is 347 g/mol. The summed E-state index contributed by atoms with van der Waals surface area (Å²) in [6.45, 7) is 1.15. The van der Waals surface area contributed by atoms with Crippen LogP contribution in [0.15, 0.2) is 67.1 Å². The van der Waals surface area contributed by atoms with Crippen molar-refractivity contribution in [2.75, 3.05) is 11.9 Å². The van der Waals surface area contributed by atoms with Gasteiger partial charge in [0, 0.05) is 25.1 Å². The Bertz CT molecular complexity index is 807. The third kappa shape index (κ3) is 5.37. The van der Waals surface area contributed by atoms with Crippen molar-refractivity contribution in [3.05, 3.63) is 83.9 Å². The Balaban J connectivity index is 1.42. The molecule has 2 aromatic heterocycles. The zero-order valence-electron chi connectivity index (χ0n) is 14.4. The van der Waals surface area contributed by atoms with Gasteiger partial charge in [-0.2, -0.15) is 0 Å². The minimum Gasteiger partial charge on any atom is -0.354 e. The Labute approximate surface area is 152 Å². The fourth-order valence-corrected chi connectivity index (χ4v) is 2.45. The van der Waals surface area contributed by atoms with Gasteiger partial charge in [0.2, 0.25) is 5.95 Å². The number of anilines is 1. The van der Waals surface area contributed by atoms with E-state index in [4.69, 9.17) is 0 Å². The van der Waals surface area contributed by atoms with Gasteiger partial charge in [0.1, 0.15) is 0 Å². The van der Waals surface area contributed by atoms with Gasteiger partial charge < -0.3 is 10.6 Å². The molecule has 1 amide bonds. The first-order valence-corrected chi connectivity index (χ1v) is 8.59. The molecule has 3 rings (SSSR count). The largest absolute Gasteiger partial charge is 0.354 e. The molecule has 0 saturated carbocycles. The minimum absolute atomic E-state index is 0.216. The van der Waals surface area contributed by atoms with Gasteiger partial charge in [-0.25, -0.2) is 9.97 Å². The Morgan fingerprint density at radius 1 is 0.923 bits per heavy atom. The van der Waals surface area contributed by atoms with Crippen LogP contribution in [0.25, 0.3) is 0 Å². The second kappa shape index (κ2) is 9.27. The zero-order chi connectivity index (χ0) is 18.0. The number of nitrogens with one attached hydrogen (secondary N) is 2. The summed E-state index contributed by atoms with van der Waals surface area (Å²) in [6.07, 6.45) is 6.74. The molecule has 0 unspecified atom stereocenters. The quantitative estimate of drug-likeness (QED) is 0.613. The highest BCUT2D eigenvalue weighted by Crippen LogP contribution is 2.04. The average Bonchev–Trinajstić information content (AvgIpc) is 2.71. The van der Waals surface area contributed by atoms with Gasteiger partial charge in [-0.1, -0.05) is 36.4 Å². The number of amides is 1. The molecule has 0 aliphatic rings. The number of hydrogen-bond donors (Lipinski definition) is 2. The lowest BCUT2D eigenvalue weighted by molar-refractivity contribution is 0.0949. The lowest BCUT2D eigenvalue weighted by Gasteiger charge is -2.07. The van der Waals surface area contributed by atoms with E-state index in [0.717, 1.165) is 25.1 Å².